The molecule has 2 nitrogen and oxygen atoms in total. The maximum atomic E-state index is 12.3. The van der Waals surface area contributed by atoms with E-state index in [1.54, 1.807) is 0 Å². The molecule has 2 fully saturated rings. The molecule has 2 saturated carbocycles. The largest absolute Gasteiger partial charge is 0.299 e. The zero-order valence-corrected chi connectivity index (χ0v) is 9.76. The molecule has 2 atom stereocenters. The molecule has 2 aliphatic rings. The van der Waals surface area contributed by atoms with Crippen LogP contribution in [0.2, 0.25) is 0 Å². The van der Waals surface area contributed by atoms with Crippen LogP contribution < -0.4 is 0 Å². The molecule has 0 aromatic heterocycles. The molecule has 2 bridgehead atoms. The Morgan fingerprint density at radius 3 is 2.18 bits per heavy atom. The molecule has 3 rings (SSSR count). The minimum absolute atomic E-state index is 0.0765. The second-order valence-electron chi connectivity index (χ2n) is 5.27. The second-order valence-corrected chi connectivity index (χ2v) is 5.27. The standard InChI is InChI=1S/C15H16O2/c16-14(10-4-2-1-3-5-10)13-8-11-6-7-12(9-13)15(11)17/h1-5,11-13H,6-9H2. The molecular weight excluding hydrogens is 212 g/mol. The Kier molecular flexibility index (Phi) is 2.58. The average molecular weight is 228 g/mol. The highest BCUT2D eigenvalue weighted by Crippen LogP contribution is 2.42. The van der Waals surface area contributed by atoms with Gasteiger partial charge in [0.15, 0.2) is 5.78 Å². The van der Waals surface area contributed by atoms with Crippen LogP contribution in [0.5, 0.6) is 0 Å². The van der Waals surface area contributed by atoms with E-state index in [-0.39, 0.29) is 23.5 Å². The molecule has 0 aliphatic heterocycles. The van der Waals surface area contributed by atoms with Crippen molar-refractivity contribution in [2.24, 2.45) is 17.8 Å². The maximum Gasteiger partial charge on any atom is 0.165 e. The highest BCUT2D eigenvalue weighted by atomic mass is 16.1. The third-order valence-corrected chi connectivity index (χ3v) is 4.24. The summed E-state index contributed by atoms with van der Waals surface area (Å²) < 4.78 is 0. The smallest absolute Gasteiger partial charge is 0.165 e. The van der Waals surface area contributed by atoms with Crippen molar-refractivity contribution in [2.75, 3.05) is 0 Å². The van der Waals surface area contributed by atoms with Gasteiger partial charge in [0.2, 0.25) is 0 Å². The molecule has 0 amide bonds. The molecule has 0 radical (unpaired) electrons. The number of hydrogen-bond donors (Lipinski definition) is 0. The van der Waals surface area contributed by atoms with E-state index in [2.05, 4.69) is 0 Å². The van der Waals surface area contributed by atoms with Crippen LogP contribution >= 0.6 is 0 Å². The topological polar surface area (TPSA) is 34.1 Å². The first-order chi connectivity index (χ1) is 8.25. The van der Waals surface area contributed by atoms with Gasteiger partial charge in [-0.3, -0.25) is 9.59 Å². The molecule has 1 aromatic rings. The van der Waals surface area contributed by atoms with Crippen LogP contribution in [-0.2, 0) is 4.79 Å². The Morgan fingerprint density at radius 1 is 1.00 bits per heavy atom. The van der Waals surface area contributed by atoms with Gasteiger partial charge < -0.3 is 0 Å². The van der Waals surface area contributed by atoms with E-state index >= 15 is 0 Å². The predicted octanol–water partition coefficient (Wildman–Crippen LogP) is 2.87. The SMILES string of the molecule is O=C(c1ccccc1)C1CC2CCC(C1)C2=O. The first-order valence-corrected chi connectivity index (χ1v) is 6.38. The van der Waals surface area contributed by atoms with Crippen LogP contribution in [0.25, 0.3) is 0 Å². The molecule has 2 unspecified atom stereocenters. The third-order valence-electron chi connectivity index (χ3n) is 4.24. The van der Waals surface area contributed by atoms with Gasteiger partial charge in [-0.1, -0.05) is 30.3 Å². The summed E-state index contributed by atoms with van der Waals surface area (Å²) in [5, 5.41) is 0. The summed E-state index contributed by atoms with van der Waals surface area (Å²) in [5.41, 5.74) is 0.797. The summed E-state index contributed by atoms with van der Waals surface area (Å²) in [6.07, 6.45) is 3.57. The zero-order chi connectivity index (χ0) is 11.8. The highest BCUT2D eigenvalue weighted by Gasteiger charge is 2.43. The molecule has 0 heterocycles. The summed E-state index contributed by atoms with van der Waals surface area (Å²) in [6.45, 7) is 0. The highest BCUT2D eigenvalue weighted by molar-refractivity contribution is 5.99. The lowest BCUT2D eigenvalue weighted by Crippen LogP contribution is -2.30. The van der Waals surface area contributed by atoms with Gasteiger partial charge in [0.1, 0.15) is 5.78 Å². The van der Waals surface area contributed by atoms with Crippen LogP contribution in [-0.4, -0.2) is 11.6 Å². The molecule has 0 N–H and O–H groups in total. The van der Waals surface area contributed by atoms with Crippen molar-refractivity contribution >= 4 is 11.6 Å². The maximum absolute atomic E-state index is 12.3. The molecule has 0 saturated heterocycles. The van der Waals surface area contributed by atoms with Gasteiger partial charge in [0, 0.05) is 23.3 Å². The normalized spacial score (nSPS) is 31.5. The monoisotopic (exact) mass is 228 g/mol. The van der Waals surface area contributed by atoms with Crippen LogP contribution in [0.1, 0.15) is 36.0 Å². The van der Waals surface area contributed by atoms with Gasteiger partial charge in [0.25, 0.3) is 0 Å². The second kappa shape index (κ2) is 4.10. The van der Waals surface area contributed by atoms with Crippen LogP contribution in [0.3, 0.4) is 0 Å². The Morgan fingerprint density at radius 2 is 1.59 bits per heavy atom. The first-order valence-electron chi connectivity index (χ1n) is 6.38. The van der Waals surface area contributed by atoms with Crippen LogP contribution in [0.4, 0.5) is 0 Å². The summed E-state index contributed by atoms with van der Waals surface area (Å²) in [6, 6.07) is 9.47. The molecule has 88 valence electrons. The number of ketones is 2. The molecular formula is C15H16O2. The van der Waals surface area contributed by atoms with Gasteiger partial charge in [-0.2, -0.15) is 0 Å². The molecule has 2 aliphatic carbocycles. The van der Waals surface area contributed by atoms with Crippen molar-refractivity contribution in [2.45, 2.75) is 25.7 Å². The van der Waals surface area contributed by atoms with Gasteiger partial charge in [-0.25, -0.2) is 0 Å². The summed E-state index contributed by atoms with van der Waals surface area (Å²) in [7, 11) is 0. The summed E-state index contributed by atoms with van der Waals surface area (Å²) in [5.74, 6) is 1.07. The third kappa shape index (κ3) is 1.82. The van der Waals surface area contributed by atoms with E-state index in [0.29, 0.717) is 5.78 Å². The van der Waals surface area contributed by atoms with Crippen molar-refractivity contribution in [1.29, 1.82) is 0 Å². The number of benzene rings is 1. The minimum atomic E-state index is 0.0765. The fourth-order valence-corrected chi connectivity index (χ4v) is 3.32. The van der Waals surface area contributed by atoms with Crippen molar-refractivity contribution in [1.82, 2.24) is 0 Å². The van der Waals surface area contributed by atoms with Crippen molar-refractivity contribution in [3.8, 4) is 0 Å². The lowest BCUT2D eigenvalue weighted by molar-refractivity contribution is -0.126. The number of carbonyl (C=O) groups is 2. The van der Waals surface area contributed by atoms with Crippen molar-refractivity contribution < 1.29 is 9.59 Å². The predicted molar refractivity (Wildman–Crippen MR) is 64.7 cm³/mol. The van der Waals surface area contributed by atoms with E-state index in [4.69, 9.17) is 0 Å². The lowest BCUT2D eigenvalue weighted by Gasteiger charge is -2.25. The van der Waals surface area contributed by atoms with Gasteiger partial charge >= 0.3 is 0 Å². The van der Waals surface area contributed by atoms with Gasteiger partial charge in [0.05, 0.1) is 0 Å². The minimum Gasteiger partial charge on any atom is -0.299 e. The summed E-state index contributed by atoms with van der Waals surface area (Å²) in [4.78, 5) is 24.1. The fraction of sp³-hybridized carbons (Fsp3) is 0.467. The Hall–Kier alpha value is -1.44. The average Bonchev–Trinajstić information content (AvgIpc) is 2.61. The molecule has 2 heteroatoms. The van der Waals surface area contributed by atoms with Crippen molar-refractivity contribution in [3.05, 3.63) is 35.9 Å². The Bertz CT molecular complexity index is 433. The van der Waals surface area contributed by atoms with Gasteiger partial charge in [-0.05, 0) is 25.7 Å². The quantitative estimate of drug-likeness (QED) is 0.729. The number of Topliss-reactive ketones (excluding diaryl/α,β-unsaturated/α-hetero) is 2. The molecule has 0 spiro atoms. The molecule has 17 heavy (non-hydrogen) atoms. The number of hydrogen-bond acceptors (Lipinski definition) is 2. The number of rotatable bonds is 2. The van der Waals surface area contributed by atoms with E-state index in [9.17, 15) is 9.59 Å². The lowest BCUT2D eigenvalue weighted by atomic mass is 9.77. The summed E-state index contributed by atoms with van der Waals surface area (Å²) >= 11 is 0. The van der Waals surface area contributed by atoms with Crippen LogP contribution in [0, 0.1) is 17.8 Å². The first kappa shape index (κ1) is 10.7. The van der Waals surface area contributed by atoms with Gasteiger partial charge in [-0.15, -0.1) is 0 Å². The number of fused-ring (bicyclic) bond motifs is 2. The van der Waals surface area contributed by atoms with Crippen molar-refractivity contribution in [3.63, 3.8) is 0 Å². The Labute approximate surface area is 101 Å². The zero-order valence-electron chi connectivity index (χ0n) is 9.76. The van der Waals surface area contributed by atoms with E-state index < -0.39 is 0 Å². The van der Waals surface area contributed by atoms with Crippen LogP contribution in [0.15, 0.2) is 30.3 Å². The number of carbonyl (C=O) groups excluding carboxylic acids is 2. The fourth-order valence-electron chi connectivity index (χ4n) is 3.32. The van der Waals surface area contributed by atoms with E-state index in [0.717, 1.165) is 31.2 Å². The Balaban J connectivity index is 1.79. The van der Waals surface area contributed by atoms with E-state index in [1.807, 2.05) is 30.3 Å². The molecule has 1 aromatic carbocycles. The van der Waals surface area contributed by atoms with E-state index in [1.165, 1.54) is 0 Å².